The molecule has 1 aliphatic heterocycles. The van der Waals surface area contributed by atoms with E-state index >= 15 is 0 Å². The van der Waals surface area contributed by atoms with Gasteiger partial charge in [-0.05, 0) is 53.4 Å². The molecule has 1 aliphatic rings. The number of hydrogen-bond acceptors (Lipinski definition) is 8. The second-order valence-electron chi connectivity index (χ2n) is 12.1. The van der Waals surface area contributed by atoms with E-state index < -0.39 is 12.2 Å². The predicted octanol–water partition coefficient (Wildman–Crippen LogP) is 5.25. The normalized spacial score (nSPS) is 17.6. The van der Waals surface area contributed by atoms with Crippen molar-refractivity contribution in [2.45, 2.75) is 63.8 Å². The maximum atomic E-state index is 12.4. The molecule has 252 valence electrons. The average Bonchev–Trinajstić information content (AvgIpc) is 3.13. The van der Waals surface area contributed by atoms with Crippen LogP contribution in [-0.2, 0) is 38.6 Å². The minimum absolute atomic E-state index is 0.00537. The highest BCUT2D eigenvalue weighted by Gasteiger charge is 2.32. The van der Waals surface area contributed by atoms with Crippen LogP contribution in [0.4, 0.5) is 0 Å². The van der Waals surface area contributed by atoms with Crippen LogP contribution in [0, 0.1) is 0 Å². The maximum absolute atomic E-state index is 12.4. The predicted molar refractivity (Wildman–Crippen MR) is 181 cm³/mol. The Hall–Kier alpha value is -4.45. The van der Waals surface area contributed by atoms with Crippen molar-refractivity contribution in [1.29, 1.82) is 0 Å². The van der Waals surface area contributed by atoms with E-state index in [1.54, 1.807) is 5.48 Å². The highest BCUT2D eigenvalue weighted by molar-refractivity contribution is 5.78. The highest BCUT2D eigenvalue weighted by atomic mass is 16.7. The van der Waals surface area contributed by atoms with Crippen molar-refractivity contribution < 1.29 is 29.4 Å². The molecule has 1 aromatic heterocycles. The summed E-state index contributed by atoms with van der Waals surface area (Å²) in [5.41, 5.74) is 8.43. The van der Waals surface area contributed by atoms with E-state index in [2.05, 4.69) is 22.2 Å². The molecular weight excluding hydrogens is 608 g/mol. The van der Waals surface area contributed by atoms with Crippen LogP contribution in [0.25, 0.3) is 11.1 Å². The van der Waals surface area contributed by atoms with Crippen molar-refractivity contribution in [2.24, 2.45) is 0 Å². The molecule has 1 fully saturated rings. The largest absolute Gasteiger partial charge is 0.392 e. The van der Waals surface area contributed by atoms with E-state index in [0.29, 0.717) is 19.4 Å². The summed E-state index contributed by atoms with van der Waals surface area (Å²) in [6, 6.07) is 30.0. The minimum atomic E-state index is -0.563. The van der Waals surface area contributed by atoms with Gasteiger partial charge in [0.15, 0.2) is 6.29 Å². The fraction of sp³-hybridized carbons (Fsp3) is 0.342. The molecule has 48 heavy (non-hydrogen) atoms. The van der Waals surface area contributed by atoms with E-state index in [4.69, 9.17) is 14.7 Å². The number of likely N-dealkylation sites (N-methyl/N-ethyl adjacent to an activating group) is 1. The molecule has 10 nitrogen and oxygen atoms in total. The first-order chi connectivity index (χ1) is 23.4. The van der Waals surface area contributed by atoms with Crippen molar-refractivity contribution in [3.05, 3.63) is 125 Å². The van der Waals surface area contributed by atoms with Crippen molar-refractivity contribution in [3.8, 4) is 11.1 Å². The number of aliphatic hydroxyl groups is 1. The molecule has 0 bridgehead atoms. The third-order valence-corrected chi connectivity index (χ3v) is 8.53. The average molecular weight is 653 g/mol. The van der Waals surface area contributed by atoms with Crippen molar-refractivity contribution in [1.82, 2.24) is 20.7 Å². The first kappa shape index (κ1) is 34.9. The summed E-state index contributed by atoms with van der Waals surface area (Å²) in [5, 5.41) is 21.1. The third kappa shape index (κ3) is 10.0. The zero-order valence-electron chi connectivity index (χ0n) is 27.3. The molecular formula is C38H44N4O6. The molecule has 0 spiro atoms. The lowest BCUT2D eigenvalue weighted by molar-refractivity contribution is -0.252. The van der Waals surface area contributed by atoms with Crippen LogP contribution in [0.3, 0.4) is 0 Å². The molecule has 10 heteroatoms. The van der Waals surface area contributed by atoms with Gasteiger partial charge in [0, 0.05) is 62.8 Å². The lowest BCUT2D eigenvalue weighted by Gasteiger charge is -2.38. The molecule has 0 radical (unpaired) electrons. The number of nitrogens with zero attached hydrogens (tertiary/aromatic N) is 2. The summed E-state index contributed by atoms with van der Waals surface area (Å²) < 4.78 is 13.1. The van der Waals surface area contributed by atoms with Gasteiger partial charge in [-0.2, -0.15) is 0 Å². The van der Waals surface area contributed by atoms with Crippen molar-refractivity contribution in [3.63, 3.8) is 0 Å². The Balaban J connectivity index is 1.26. The summed E-state index contributed by atoms with van der Waals surface area (Å²) in [5.74, 6) is -0.665. The molecule has 4 aromatic rings. The maximum Gasteiger partial charge on any atom is 0.243 e. The van der Waals surface area contributed by atoms with Crippen LogP contribution in [0.15, 0.2) is 97.2 Å². The van der Waals surface area contributed by atoms with Gasteiger partial charge in [-0.25, -0.2) is 5.48 Å². The number of hydrogen-bond donors (Lipinski definition) is 4. The molecule has 2 heterocycles. The van der Waals surface area contributed by atoms with E-state index in [9.17, 15) is 14.7 Å². The lowest BCUT2D eigenvalue weighted by atomic mass is 9.97. The fourth-order valence-electron chi connectivity index (χ4n) is 5.85. The number of pyridine rings is 1. The third-order valence-electron chi connectivity index (χ3n) is 8.53. The molecule has 3 atom stereocenters. The van der Waals surface area contributed by atoms with Crippen LogP contribution in [-0.4, -0.2) is 58.3 Å². The van der Waals surface area contributed by atoms with Gasteiger partial charge in [0.05, 0.1) is 18.8 Å². The van der Waals surface area contributed by atoms with Gasteiger partial charge in [0.25, 0.3) is 0 Å². The second kappa shape index (κ2) is 17.6. The van der Waals surface area contributed by atoms with Gasteiger partial charge in [-0.3, -0.25) is 19.8 Å². The number of rotatable bonds is 15. The molecule has 3 unspecified atom stereocenters. The Morgan fingerprint density at radius 3 is 2.35 bits per heavy atom. The van der Waals surface area contributed by atoms with Gasteiger partial charge in [-0.1, -0.05) is 78.9 Å². The monoisotopic (exact) mass is 652 g/mol. The standard InChI is InChI=1S/C38H44N4O6/c1-42(22-20-32-8-4-5-21-39-32)25-33-23-35(29-14-12-27(26-43)13-15-29)48-38(47-33)30-18-16-28(17-19-30)34-9-3-2-7-31(34)24-40-36(44)10-6-11-37(45)41-46/h2-5,7-9,12-19,21,33,35,38,43,46H,6,10-11,20,22-26H2,1H3,(H,40,44)(H,41,45). The summed E-state index contributed by atoms with van der Waals surface area (Å²) >= 11 is 0. The Labute approximate surface area is 281 Å². The van der Waals surface area contributed by atoms with Crippen LogP contribution >= 0.6 is 0 Å². The van der Waals surface area contributed by atoms with Gasteiger partial charge in [0.1, 0.15) is 0 Å². The number of ether oxygens (including phenoxy) is 2. The number of aromatic nitrogens is 1. The first-order valence-corrected chi connectivity index (χ1v) is 16.4. The number of hydroxylamine groups is 1. The quantitative estimate of drug-likeness (QED) is 0.101. The van der Waals surface area contributed by atoms with Gasteiger partial charge in [0.2, 0.25) is 11.8 Å². The molecule has 2 amide bonds. The number of benzene rings is 3. The number of nitrogens with one attached hydrogen (secondary N) is 2. The van der Waals surface area contributed by atoms with Crippen LogP contribution in [0.2, 0.25) is 0 Å². The minimum Gasteiger partial charge on any atom is -0.392 e. The van der Waals surface area contributed by atoms with E-state index in [1.807, 2.05) is 97.2 Å². The summed E-state index contributed by atoms with van der Waals surface area (Å²) in [6.07, 6.45) is 3.20. The molecule has 0 saturated carbocycles. The Morgan fingerprint density at radius 1 is 0.896 bits per heavy atom. The summed E-state index contributed by atoms with van der Waals surface area (Å²) in [6.45, 7) is 1.94. The molecule has 3 aromatic carbocycles. The Kier molecular flexibility index (Phi) is 12.8. The Morgan fingerprint density at radius 2 is 1.62 bits per heavy atom. The van der Waals surface area contributed by atoms with Gasteiger partial charge < -0.3 is 24.8 Å². The smallest absolute Gasteiger partial charge is 0.243 e. The number of carbonyl (C=O) groups is 2. The molecule has 4 N–H and O–H groups in total. The SMILES string of the molecule is CN(CCc1ccccn1)CC1CC(c2ccc(CO)cc2)OC(c2ccc(-c3ccccc3CNC(=O)CCCC(=O)NO)cc2)O1. The zero-order valence-corrected chi connectivity index (χ0v) is 27.3. The lowest BCUT2D eigenvalue weighted by Crippen LogP contribution is -2.38. The van der Waals surface area contributed by atoms with E-state index in [-0.39, 0.29) is 37.6 Å². The van der Waals surface area contributed by atoms with Crippen LogP contribution < -0.4 is 10.8 Å². The van der Waals surface area contributed by atoms with E-state index in [1.165, 1.54) is 0 Å². The number of amides is 2. The highest BCUT2D eigenvalue weighted by Crippen LogP contribution is 2.38. The molecule has 5 rings (SSSR count). The summed E-state index contributed by atoms with van der Waals surface area (Å²) in [7, 11) is 2.10. The van der Waals surface area contributed by atoms with Gasteiger partial charge >= 0.3 is 0 Å². The number of aliphatic hydroxyl groups excluding tert-OH is 1. The molecule has 0 aliphatic carbocycles. The first-order valence-electron chi connectivity index (χ1n) is 16.4. The number of carbonyl (C=O) groups excluding carboxylic acids is 2. The van der Waals surface area contributed by atoms with Gasteiger partial charge in [-0.15, -0.1) is 0 Å². The summed E-state index contributed by atoms with van der Waals surface area (Å²) in [4.78, 5) is 30.3. The Bertz CT molecular complexity index is 1600. The van der Waals surface area contributed by atoms with Crippen molar-refractivity contribution >= 4 is 11.8 Å². The van der Waals surface area contributed by atoms with Crippen LogP contribution in [0.1, 0.15) is 66.0 Å². The fourth-order valence-corrected chi connectivity index (χ4v) is 5.85. The van der Waals surface area contributed by atoms with Crippen molar-refractivity contribution in [2.75, 3.05) is 20.1 Å². The van der Waals surface area contributed by atoms with Crippen LogP contribution in [0.5, 0.6) is 0 Å². The molecule has 1 saturated heterocycles. The second-order valence-corrected chi connectivity index (χ2v) is 12.1. The van der Waals surface area contributed by atoms with E-state index in [0.717, 1.165) is 58.6 Å². The zero-order chi connectivity index (χ0) is 33.7. The topological polar surface area (TPSA) is 133 Å².